The zero-order chi connectivity index (χ0) is 14.8. The van der Waals surface area contributed by atoms with Crippen molar-refractivity contribution in [3.8, 4) is 0 Å². The van der Waals surface area contributed by atoms with Gasteiger partial charge < -0.3 is 4.74 Å². The molecule has 1 rings (SSSR count). The van der Waals surface area contributed by atoms with Gasteiger partial charge in [0.25, 0.3) is 0 Å². The van der Waals surface area contributed by atoms with Crippen molar-refractivity contribution >= 4 is 5.97 Å². The van der Waals surface area contributed by atoms with Crippen molar-refractivity contribution < 1.29 is 9.53 Å². The molecule has 1 aromatic carbocycles. The van der Waals surface area contributed by atoms with E-state index in [1.54, 1.807) is 0 Å². The fourth-order valence-corrected chi connectivity index (χ4v) is 1.93. The van der Waals surface area contributed by atoms with Crippen molar-refractivity contribution in [2.45, 2.75) is 46.1 Å². The Hall–Kier alpha value is -1.83. The van der Waals surface area contributed by atoms with E-state index < -0.39 is 0 Å². The van der Waals surface area contributed by atoms with Crippen LogP contribution in [-0.2, 0) is 16.0 Å². The molecule has 20 heavy (non-hydrogen) atoms. The highest BCUT2D eigenvalue weighted by Crippen LogP contribution is 2.06. The van der Waals surface area contributed by atoms with Gasteiger partial charge in [0.1, 0.15) is 6.10 Å². The molecule has 0 radical (unpaired) electrons. The minimum Gasteiger partial charge on any atom is -0.458 e. The number of ether oxygens (including phenoxy) is 1. The molecule has 0 spiro atoms. The maximum atomic E-state index is 11.8. The van der Waals surface area contributed by atoms with E-state index in [0.717, 1.165) is 18.4 Å². The molecule has 0 heterocycles. The Bertz CT molecular complexity index is 458. The third-order valence-electron chi connectivity index (χ3n) is 2.91. The molecule has 1 aromatic rings. The smallest absolute Gasteiger partial charge is 0.310 e. The largest absolute Gasteiger partial charge is 0.458 e. The third-order valence-corrected chi connectivity index (χ3v) is 2.91. The van der Waals surface area contributed by atoms with Crippen molar-refractivity contribution in [1.82, 2.24) is 0 Å². The third kappa shape index (κ3) is 6.93. The van der Waals surface area contributed by atoms with E-state index in [1.165, 1.54) is 5.57 Å². The van der Waals surface area contributed by atoms with E-state index in [9.17, 15) is 4.79 Å². The number of allylic oxidation sites excluding steroid dienone is 3. The number of carbonyl (C=O) groups is 1. The first-order valence-electron chi connectivity index (χ1n) is 7.17. The number of esters is 1. The van der Waals surface area contributed by atoms with Crippen molar-refractivity contribution in [3.63, 3.8) is 0 Å². The summed E-state index contributed by atoms with van der Waals surface area (Å²) in [5.41, 5.74) is 2.32. The van der Waals surface area contributed by atoms with Crippen molar-refractivity contribution in [3.05, 3.63) is 59.7 Å². The standard InChI is InChI=1S/C18H24O2/c1-4-9-15(2)10-8-11-16(3)20-18(19)14-17-12-6-5-7-13-17/h5-9,11-13,16H,4,10,14H2,1-3H3/b11-8+,15-9+. The van der Waals surface area contributed by atoms with Gasteiger partial charge in [-0.25, -0.2) is 0 Å². The summed E-state index contributed by atoms with van der Waals surface area (Å²) in [6.45, 7) is 6.12. The molecule has 0 aliphatic heterocycles. The van der Waals surface area contributed by atoms with E-state index in [1.807, 2.05) is 43.3 Å². The van der Waals surface area contributed by atoms with Gasteiger partial charge in [-0.2, -0.15) is 0 Å². The summed E-state index contributed by atoms with van der Waals surface area (Å²) in [5.74, 6) is -0.186. The predicted molar refractivity (Wildman–Crippen MR) is 83.5 cm³/mol. The molecule has 1 atom stereocenters. The molecule has 0 N–H and O–H groups in total. The minimum atomic E-state index is -0.186. The Kier molecular flexibility index (Phi) is 7.41. The van der Waals surface area contributed by atoms with Crippen LogP contribution in [0.15, 0.2) is 54.1 Å². The zero-order valence-electron chi connectivity index (χ0n) is 12.6. The quantitative estimate of drug-likeness (QED) is 0.541. The van der Waals surface area contributed by atoms with Crippen LogP contribution >= 0.6 is 0 Å². The van der Waals surface area contributed by atoms with Crippen LogP contribution < -0.4 is 0 Å². The lowest BCUT2D eigenvalue weighted by Crippen LogP contribution is -2.14. The fourth-order valence-electron chi connectivity index (χ4n) is 1.93. The average molecular weight is 272 g/mol. The molecule has 0 fully saturated rings. The van der Waals surface area contributed by atoms with Crippen LogP contribution in [0.3, 0.4) is 0 Å². The van der Waals surface area contributed by atoms with Crippen molar-refractivity contribution in [2.75, 3.05) is 0 Å². The highest BCUT2D eigenvalue weighted by Gasteiger charge is 2.07. The molecule has 0 amide bonds. The first kappa shape index (κ1) is 16.2. The summed E-state index contributed by atoms with van der Waals surface area (Å²) in [6, 6.07) is 9.65. The van der Waals surface area contributed by atoms with E-state index >= 15 is 0 Å². The SMILES string of the molecule is CC/C=C(\C)C/C=C/C(C)OC(=O)Cc1ccccc1. The van der Waals surface area contributed by atoms with Gasteiger partial charge in [-0.15, -0.1) is 0 Å². The van der Waals surface area contributed by atoms with Crippen LogP contribution in [0.2, 0.25) is 0 Å². The molecule has 0 saturated carbocycles. The summed E-state index contributed by atoms with van der Waals surface area (Å²) < 4.78 is 5.35. The summed E-state index contributed by atoms with van der Waals surface area (Å²) in [5, 5.41) is 0. The molecular formula is C18H24O2. The first-order valence-corrected chi connectivity index (χ1v) is 7.17. The Balaban J connectivity index is 2.35. The van der Waals surface area contributed by atoms with Gasteiger partial charge in [0.2, 0.25) is 0 Å². The van der Waals surface area contributed by atoms with Gasteiger partial charge in [0.15, 0.2) is 0 Å². The molecule has 2 heteroatoms. The lowest BCUT2D eigenvalue weighted by Gasteiger charge is -2.09. The van der Waals surface area contributed by atoms with Crippen LogP contribution in [0.25, 0.3) is 0 Å². The summed E-state index contributed by atoms with van der Waals surface area (Å²) in [4.78, 5) is 11.8. The normalized spacial score (nSPS) is 13.4. The number of carbonyl (C=O) groups excluding carboxylic acids is 1. The maximum absolute atomic E-state index is 11.8. The van der Waals surface area contributed by atoms with Gasteiger partial charge in [0, 0.05) is 0 Å². The number of hydrogen-bond donors (Lipinski definition) is 0. The van der Waals surface area contributed by atoms with Gasteiger partial charge in [-0.05, 0) is 38.3 Å². The average Bonchev–Trinajstić information content (AvgIpc) is 2.39. The van der Waals surface area contributed by atoms with E-state index in [2.05, 4.69) is 26.0 Å². The molecule has 0 saturated heterocycles. The zero-order valence-corrected chi connectivity index (χ0v) is 12.6. The van der Waals surface area contributed by atoms with Crippen LogP contribution in [0.5, 0.6) is 0 Å². The minimum absolute atomic E-state index is 0.180. The van der Waals surface area contributed by atoms with Crippen molar-refractivity contribution in [1.29, 1.82) is 0 Å². The molecule has 0 aliphatic rings. The van der Waals surface area contributed by atoms with Gasteiger partial charge in [0.05, 0.1) is 6.42 Å². The number of benzene rings is 1. The molecule has 1 unspecified atom stereocenters. The molecular weight excluding hydrogens is 248 g/mol. The van der Waals surface area contributed by atoms with Gasteiger partial charge >= 0.3 is 5.97 Å². The number of hydrogen-bond acceptors (Lipinski definition) is 2. The summed E-state index contributed by atoms with van der Waals surface area (Å²) >= 11 is 0. The van der Waals surface area contributed by atoms with Crippen LogP contribution in [0.1, 0.15) is 39.2 Å². The first-order chi connectivity index (χ1) is 9.61. The summed E-state index contributed by atoms with van der Waals surface area (Å²) in [6.07, 6.45) is 8.32. The van der Waals surface area contributed by atoms with Crippen LogP contribution in [0.4, 0.5) is 0 Å². The second-order valence-corrected chi connectivity index (χ2v) is 4.95. The van der Waals surface area contributed by atoms with E-state index in [-0.39, 0.29) is 12.1 Å². The highest BCUT2D eigenvalue weighted by atomic mass is 16.5. The fraction of sp³-hybridized carbons (Fsp3) is 0.389. The van der Waals surface area contributed by atoms with Gasteiger partial charge in [-0.3, -0.25) is 4.79 Å². The molecule has 108 valence electrons. The summed E-state index contributed by atoms with van der Waals surface area (Å²) in [7, 11) is 0. The van der Waals surface area contributed by atoms with Gasteiger partial charge in [-0.1, -0.05) is 55.0 Å². The van der Waals surface area contributed by atoms with Crippen LogP contribution in [-0.4, -0.2) is 12.1 Å². The maximum Gasteiger partial charge on any atom is 0.310 e. The lowest BCUT2D eigenvalue weighted by molar-refractivity contribution is -0.145. The Labute approximate surface area is 122 Å². The monoisotopic (exact) mass is 272 g/mol. The Morgan fingerprint density at radius 3 is 2.65 bits per heavy atom. The molecule has 0 bridgehead atoms. The van der Waals surface area contributed by atoms with Crippen molar-refractivity contribution in [2.24, 2.45) is 0 Å². The second-order valence-electron chi connectivity index (χ2n) is 4.95. The molecule has 0 aromatic heterocycles. The lowest BCUT2D eigenvalue weighted by atomic mass is 10.1. The topological polar surface area (TPSA) is 26.3 Å². The van der Waals surface area contributed by atoms with E-state index in [4.69, 9.17) is 4.74 Å². The van der Waals surface area contributed by atoms with E-state index in [0.29, 0.717) is 6.42 Å². The Morgan fingerprint density at radius 2 is 2.00 bits per heavy atom. The molecule has 0 aliphatic carbocycles. The predicted octanol–water partition coefficient (Wildman–Crippen LogP) is 4.46. The van der Waals surface area contributed by atoms with Crippen LogP contribution in [0, 0.1) is 0 Å². The molecule has 2 nitrogen and oxygen atoms in total. The second kappa shape index (κ2) is 9.13. The highest BCUT2D eigenvalue weighted by molar-refractivity contribution is 5.72. The Morgan fingerprint density at radius 1 is 1.30 bits per heavy atom. The number of rotatable bonds is 7.